The molecule has 0 bridgehead atoms. The lowest BCUT2D eigenvalue weighted by molar-refractivity contribution is 1.21. The Morgan fingerprint density at radius 2 is 0.737 bits per heavy atom. The van der Waals surface area contributed by atoms with Crippen molar-refractivity contribution in [3.63, 3.8) is 0 Å². The number of para-hydroxylation sites is 1. The van der Waals surface area contributed by atoms with Crippen molar-refractivity contribution in [2.75, 3.05) is 11.9 Å². The van der Waals surface area contributed by atoms with Gasteiger partial charge >= 0.3 is 0 Å². The maximum atomic E-state index is 2.30. The predicted molar refractivity (Wildman–Crippen MR) is 163 cm³/mol. The summed E-state index contributed by atoms with van der Waals surface area (Å²) in [6, 6.07) is 56.2. The van der Waals surface area contributed by atoms with Gasteiger partial charge in [-0.3, -0.25) is 0 Å². The summed E-state index contributed by atoms with van der Waals surface area (Å²) in [5.41, 5.74) is 12.0. The Bertz CT molecular complexity index is 1580. The zero-order chi connectivity index (χ0) is 25.7. The molecule has 0 heterocycles. The largest absolute Gasteiger partial charge is 0.344 e. The molecule has 1 nitrogen and oxygen atoms in total. The van der Waals surface area contributed by atoms with Crippen LogP contribution < -0.4 is 4.90 Å². The summed E-state index contributed by atoms with van der Waals surface area (Å²) >= 11 is 0. The molecule has 1 heteroatoms. The number of hydrogen-bond donors (Lipinski definition) is 0. The quantitative estimate of drug-likeness (QED) is 0.226. The highest BCUT2D eigenvalue weighted by Gasteiger charge is 2.14. The normalized spacial score (nSPS) is 10.8. The Morgan fingerprint density at radius 3 is 1.26 bits per heavy atom. The van der Waals surface area contributed by atoms with E-state index in [0.717, 1.165) is 5.69 Å². The van der Waals surface area contributed by atoms with Gasteiger partial charge in [-0.1, -0.05) is 133 Å². The first kappa shape index (κ1) is 23.5. The first-order valence-electron chi connectivity index (χ1n) is 13.0. The van der Waals surface area contributed by atoms with Gasteiger partial charge in [0.1, 0.15) is 0 Å². The molecule has 0 atom stereocenters. The maximum absolute atomic E-state index is 2.30. The monoisotopic (exact) mass is 487 g/mol. The predicted octanol–water partition coefficient (Wildman–Crippen LogP) is 10.1. The van der Waals surface area contributed by atoms with E-state index in [1.165, 1.54) is 50.2 Å². The zero-order valence-corrected chi connectivity index (χ0v) is 21.5. The fourth-order valence-electron chi connectivity index (χ4n) is 5.02. The SMILES string of the molecule is CN(c1cc(-c2ccccc2)cc(-c2ccccc2)c1)c1ccccc1-c1ccc(-c2ccccc2)cc1. The highest BCUT2D eigenvalue weighted by Crippen LogP contribution is 2.38. The lowest BCUT2D eigenvalue weighted by atomic mass is 9.96. The molecule has 182 valence electrons. The summed E-state index contributed by atoms with van der Waals surface area (Å²) < 4.78 is 0. The molecule has 0 radical (unpaired) electrons. The van der Waals surface area contributed by atoms with Gasteiger partial charge in [-0.25, -0.2) is 0 Å². The van der Waals surface area contributed by atoms with E-state index in [1.807, 2.05) is 0 Å². The van der Waals surface area contributed by atoms with Crippen LogP contribution in [0, 0.1) is 0 Å². The highest BCUT2D eigenvalue weighted by atomic mass is 15.1. The van der Waals surface area contributed by atoms with Crippen LogP contribution in [0.5, 0.6) is 0 Å². The van der Waals surface area contributed by atoms with E-state index in [2.05, 4.69) is 170 Å². The highest BCUT2D eigenvalue weighted by molar-refractivity contribution is 5.86. The van der Waals surface area contributed by atoms with Gasteiger partial charge in [0.15, 0.2) is 0 Å². The summed E-state index contributed by atoms with van der Waals surface area (Å²) in [5.74, 6) is 0. The van der Waals surface area contributed by atoms with E-state index < -0.39 is 0 Å². The number of nitrogens with zero attached hydrogens (tertiary/aromatic N) is 1. The van der Waals surface area contributed by atoms with Gasteiger partial charge in [0.25, 0.3) is 0 Å². The average Bonchev–Trinajstić information content (AvgIpc) is 3.02. The molecule has 0 aliphatic carbocycles. The fourth-order valence-corrected chi connectivity index (χ4v) is 5.02. The molecule has 0 fully saturated rings. The number of benzene rings is 6. The van der Waals surface area contributed by atoms with Gasteiger partial charge in [0, 0.05) is 24.0 Å². The topological polar surface area (TPSA) is 3.24 Å². The molecule has 0 aliphatic heterocycles. The molecule has 6 rings (SSSR count). The maximum Gasteiger partial charge on any atom is 0.0487 e. The molecular formula is C37H29N. The van der Waals surface area contributed by atoms with Crippen molar-refractivity contribution in [1.82, 2.24) is 0 Å². The standard InChI is InChI=1S/C37H29N/c1-38(35-26-33(29-15-7-3-8-16-29)25-34(27-35)30-17-9-4-10-18-30)37-20-12-11-19-36(37)32-23-21-31(22-24-32)28-13-5-2-6-14-28/h2-27H,1H3. The van der Waals surface area contributed by atoms with E-state index in [0.29, 0.717) is 0 Å². The van der Waals surface area contributed by atoms with E-state index in [-0.39, 0.29) is 0 Å². The molecule has 0 N–H and O–H groups in total. The summed E-state index contributed by atoms with van der Waals surface area (Å²) in [6.07, 6.45) is 0. The van der Waals surface area contributed by atoms with E-state index in [1.54, 1.807) is 0 Å². The Kier molecular flexibility index (Phi) is 6.57. The number of anilines is 2. The molecule has 38 heavy (non-hydrogen) atoms. The van der Waals surface area contributed by atoms with Crippen LogP contribution in [-0.4, -0.2) is 7.05 Å². The smallest absolute Gasteiger partial charge is 0.0487 e. The molecular weight excluding hydrogens is 458 g/mol. The Balaban J connectivity index is 1.42. The first-order chi connectivity index (χ1) is 18.8. The minimum absolute atomic E-state index is 1.15. The summed E-state index contributed by atoms with van der Waals surface area (Å²) in [7, 11) is 2.16. The third-order valence-electron chi connectivity index (χ3n) is 7.09. The average molecular weight is 488 g/mol. The fraction of sp³-hybridized carbons (Fsp3) is 0.0270. The molecule has 6 aromatic rings. The van der Waals surface area contributed by atoms with Crippen molar-refractivity contribution in [1.29, 1.82) is 0 Å². The molecule has 6 aromatic carbocycles. The molecule has 0 saturated heterocycles. The molecule has 0 aliphatic rings. The van der Waals surface area contributed by atoms with Crippen molar-refractivity contribution in [3.8, 4) is 44.5 Å². The van der Waals surface area contributed by atoms with Gasteiger partial charge in [-0.05, 0) is 63.2 Å². The first-order valence-corrected chi connectivity index (χ1v) is 13.0. The molecule has 0 amide bonds. The van der Waals surface area contributed by atoms with Crippen LogP contribution in [0.3, 0.4) is 0 Å². The van der Waals surface area contributed by atoms with Crippen LogP contribution in [0.15, 0.2) is 158 Å². The summed E-state index contributed by atoms with van der Waals surface area (Å²) in [4.78, 5) is 2.30. The van der Waals surface area contributed by atoms with Crippen LogP contribution >= 0.6 is 0 Å². The number of hydrogen-bond acceptors (Lipinski definition) is 1. The second-order valence-electron chi connectivity index (χ2n) is 9.52. The van der Waals surface area contributed by atoms with Crippen LogP contribution in [0.2, 0.25) is 0 Å². The van der Waals surface area contributed by atoms with Crippen LogP contribution in [0.25, 0.3) is 44.5 Å². The zero-order valence-electron chi connectivity index (χ0n) is 21.5. The van der Waals surface area contributed by atoms with Crippen molar-refractivity contribution in [2.24, 2.45) is 0 Å². The van der Waals surface area contributed by atoms with Crippen molar-refractivity contribution in [2.45, 2.75) is 0 Å². The van der Waals surface area contributed by atoms with Gasteiger partial charge in [0.2, 0.25) is 0 Å². The van der Waals surface area contributed by atoms with Gasteiger partial charge < -0.3 is 4.90 Å². The Hall–Kier alpha value is -4.88. The molecule has 0 spiro atoms. The summed E-state index contributed by atoms with van der Waals surface area (Å²) in [5, 5.41) is 0. The van der Waals surface area contributed by atoms with Crippen LogP contribution in [0.4, 0.5) is 11.4 Å². The Morgan fingerprint density at radius 1 is 0.342 bits per heavy atom. The van der Waals surface area contributed by atoms with E-state index in [9.17, 15) is 0 Å². The Labute approximate surface area is 225 Å². The van der Waals surface area contributed by atoms with Gasteiger partial charge in [-0.2, -0.15) is 0 Å². The van der Waals surface area contributed by atoms with Crippen LogP contribution in [-0.2, 0) is 0 Å². The lowest BCUT2D eigenvalue weighted by Crippen LogP contribution is -2.11. The molecule has 0 unspecified atom stereocenters. The minimum atomic E-state index is 1.15. The van der Waals surface area contributed by atoms with Crippen molar-refractivity contribution < 1.29 is 0 Å². The number of rotatable bonds is 6. The van der Waals surface area contributed by atoms with Crippen molar-refractivity contribution in [3.05, 3.63) is 158 Å². The van der Waals surface area contributed by atoms with E-state index in [4.69, 9.17) is 0 Å². The minimum Gasteiger partial charge on any atom is -0.344 e. The molecule has 0 aromatic heterocycles. The third-order valence-corrected chi connectivity index (χ3v) is 7.09. The molecule has 0 saturated carbocycles. The van der Waals surface area contributed by atoms with Crippen molar-refractivity contribution >= 4 is 11.4 Å². The van der Waals surface area contributed by atoms with Gasteiger partial charge in [0.05, 0.1) is 0 Å². The van der Waals surface area contributed by atoms with E-state index >= 15 is 0 Å². The summed E-state index contributed by atoms with van der Waals surface area (Å²) in [6.45, 7) is 0. The lowest BCUT2D eigenvalue weighted by Gasteiger charge is -2.24. The second kappa shape index (κ2) is 10.6. The van der Waals surface area contributed by atoms with Gasteiger partial charge in [-0.15, -0.1) is 0 Å². The second-order valence-corrected chi connectivity index (χ2v) is 9.52. The third kappa shape index (κ3) is 4.87. The van der Waals surface area contributed by atoms with Crippen LogP contribution in [0.1, 0.15) is 0 Å².